The maximum absolute atomic E-state index is 11.8. The number of amides is 1. The number of nitrogens with one attached hydrogen (secondary N) is 1. The van der Waals surface area contributed by atoms with E-state index in [0.29, 0.717) is 0 Å². The van der Waals surface area contributed by atoms with Gasteiger partial charge in [-0.05, 0) is 39.3 Å². The van der Waals surface area contributed by atoms with Crippen LogP contribution in [-0.4, -0.2) is 24.0 Å². The van der Waals surface area contributed by atoms with Gasteiger partial charge in [-0.2, -0.15) is 5.26 Å². The number of hydrogen-bond acceptors (Lipinski definition) is 4. The van der Waals surface area contributed by atoms with Gasteiger partial charge in [-0.3, -0.25) is 4.79 Å². The number of hydrogen-bond donors (Lipinski definition) is 1. The highest BCUT2D eigenvalue weighted by molar-refractivity contribution is 5.98. The third kappa shape index (κ3) is 6.23. The Kier molecular flexibility index (Phi) is 5.88. The summed E-state index contributed by atoms with van der Waals surface area (Å²) in [6, 6.07) is 9.14. The zero-order valence-electron chi connectivity index (χ0n) is 13.3. The van der Waals surface area contributed by atoms with Gasteiger partial charge in [0.2, 0.25) is 0 Å². The number of carbonyl (C=O) groups is 2. The van der Waals surface area contributed by atoms with Crippen LogP contribution < -0.4 is 5.32 Å². The van der Waals surface area contributed by atoms with Crippen LogP contribution in [0.1, 0.15) is 31.9 Å². The molecule has 0 aromatic heterocycles. The van der Waals surface area contributed by atoms with E-state index >= 15 is 0 Å². The molecule has 0 saturated carbocycles. The number of rotatable bonds is 4. The van der Waals surface area contributed by atoms with E-state index in [1.54, 1.807) is 18.2 Å². The Morgan fingerprint density at radius 3 is 2.36 bits per heavy atom. The van der Waals surface area contributed by atoms with Gasteiger partial charge in [0.25, 0.3) is 5.91 Å². The summed E-state index contributed by atoms with van der Waals surface area (Å²) in [5.74, 6) is -1.22. The zero-order chi connectivity index (χ0) is 16.8. The Morgan fingerprint density at radius 2 is 1.86 bits per heavy atom. The third-order valence-corrected chi connectivity index (χ3v) is 2.58. The van der Waals surface area contributed by atoms with Crippen molar-refractivity contribution >= 4 is 18.0 Å². The first kappa shape index (κ1) is 17.4. The fourth-order valence-electron chi connectivity index (χ4n) is 1.63. The van der Waals surface area contributed by atoms with Gasteiger partial charge in [-0.15, -0.1) is 0 Å². The monoisotopic (exact) mass is 300 g/mol. The van der Waals surface area contributed by atoms with Gasteiger partial charge < -0.3 is 10.1 Å². The molecule has 1 aromatic carbocycles. The van der Waals surface area contributed by atoms with Crippen LogP contribution in [0.15, 0.2) is 29.8 Å². The van der Waals surface area contributed by atoms with Gasteiger partial charge in [0.15, 0.2) is 6.61 Å². The van der Waals surface area contributed by atoms with Crippen molar-refractivity contribution in [3.63, 3.8) is 0 Å². The van der Waals surface area contributed by atoms with Crippen molar-refractivity contribution in [3.8, 4) is 6.07 Å². The fourth-order valence-corrected chi connectivity index (χ4v) is 1.63. The summed E-state index contributed by atoms with van der Waals surface area (Å²) in [6.07, 6.45) is 1.43. The summed E-state index contributed by atoms with van der Waals surface area (Å²) in [4.78, 5) is 23.4. The Bertz CT molecular complexity index is 617. The van der Waals surface area contributed by atoms with Crippen LogP contribution in [-0.2, 0) is 14.3 Å². The van der Waals surface area contributed by atoms with Crippen molar-refractivity contribution in [2.75, 3.05) is 6.61 Å². The van der Waals surface area contributed by atoms with E-state index in [1.165, 1.54) is 6.08 Å². The van der Waals surface area contributed by atoms with Gasteiger partial charge in [0.05, 0.1) is 0 Å². The number of nitrogens with zero attached hydrogens (tertiary/aromatic N) is 1. The third-order valence-electron chi connectivity index (χ3n) is 2.58. The molecule has 0 aliphatic rings. The lowest BCUT2D eigenvalue weighted by atomic mass is 10.1. The smallest absolute Gasteiger partial charge is 0.349 e. The number of carbonyl (C=O) groups excluding carboxylic acids is 2. The molecule has 5 nitrogen and oxygen atoms in total. The predicted octanol–water partition coefficient (Wildman–Crippen LogP) is 2.36. The molecule has 22 heavy (non-hydrogen) atoms. The Morgan fingerprint density at radius 1 is 1.27 bits per heavy atom. The molecule has 1 rings (SSSR count). The van der Waals surface area contributed by atoms with E-state index in [-0.39, 0.29) is 5.57 Å². The van der Waals surface area contributed by atoms with Gasteiger partial charge in [-0.1, -0.05) is 29.8 Å². The fraction of sp³-hybridized carbons (Fsp3) is 0.353. The summed E-state index contributed by atoms with van der Waals surface area (Å²) < 4.78 is 4.86. The normalized spacial score (nSPS) is 11.5. The van der Waals surface area contributed by atoms with Gasteiger partial charge >= 0.3 is 5.97 Å². The van der Waals surface area contributed by atoms with Crippen molar-refractivity contribution in [1.29, 1.82) is 5.26 Å². The van der Waals surface area contributed by atoms with Crippen LogP contribution >= 0.6 is 0 Å². The van der Waals surface area contributed by atoms with E-state index in [4.69, 9.17) is 10.00 Å². The second kappa shape index (κ2) is 7.41. The molecule has 0 saturated heterocycles. The van der Waals surface area contributed by atoms with Crippen LogP contribution in [0.3, 0.4) is 0 Å². The molecule has 116 valence electrons. The van der Waals surface area contributed by atoms with Gasteiger partial charge in [0.1, 0.15) is 11.6 Å². The molecule has 0 unspecified atom stereocenters. The molecule has 5 heteroatoms. The van der Waals surface area contributed by atoms with Crippen LogP contribution in [0.5, 0.6) is 0 Å². The molecule has 0 aliphatic carbocycles. The number of ether oxygens (including phenoxy) is 1. The Hall–Kier alpha value is -2.61. The molecule has 0 bridgehead atoms. The minimum Gasteiger partial charge on any atom is -0.451 e. The van der Waals surface area contributed by atoms with E-state index in [9.17, 15) is 9.59 Å². The molecular formula is C17H20N2O3. The lowest BCUT2D eigenvalue weighted by Crippen LogP contribution is -2.42. The molecule has 1 N–H and O–H groups in total. The van der Waals surface area contributed by atoms with E-state index in [1.807, 2.05) is 39.8 Å². The van der Waals surface area contributed by atoms with Crippen LogP contribution in [0, 0.1) is 18.3 Å². The maximum atomic E-state index is 11.8. The summed E-state index contributed by atoms with van der Waals surface area (Å²) in [7, 11) is 0. The minimum absolute atomic E-state index is 0.146. The number of aryl methyl sites for hydroxylation is 1. The number of nitriles is 1. The molecule has 1 amide bonds. The molecule has 1 aromatic rings. The maximum Gasteiger partial charge on any atom is 0.349 e. The summed E-state index contributed by atoms with van der Waals surface area (Å²) >= 11 is 0. The molecule has 0 atom stereocenters. The van der Waals surface area contributed by atoms with Crippen molar-refractivity contribution in [1.82, 2.24) is 5.32 Å². The quantitative estimate of drug-likeness (QED) is 0.526. The van der Waals surface area contributed by atoms with Crippen molar-refractivity contribution in [3.05, 3.63) is 41.0 Å². The molecule has 0 spiro atoms. The topological polar surface area (TPSA) is 79.2 Å². The molecule has 0 aliphatic heterocycles. The first-order valence-corrected chi connectivity index (χ1v) is 6.88. The van der Waals surface area contributed by atoms with Gasteiger partial charge in [0, 0.05) is 5.54 Å². The zero-order valence-corrected chi connectivity index (χ0v) is 13.3. The minimum atomic E-state index is -0.813. The highest BCUT2D eigenvalue weighted by atomic mass is 16.5. The van der Waals surface area contributed by atoms with Crippen LogP contribution in [0.25, 0.3) is 6.08 Å². The highest BCUT2D eigenvalue weighted by Gasteiger charge is 2.17. The standard InChI is InChI=1S/C17H20N2O3/c1-12-5-7-13(8-6-12)9-14(10-18)16(21)22-11-15(20)19-17(2,3)4/h5-9H,11H2,1-4H3,(H,19,20)/b14-9+. The second-order valence-corrected chi connectivity index (χ2v) is 5.95. The van der Waals surface area contributed by atoms with Crippen molar-refractivity contribution in [2.24, 2.45) is 0 Å². The summed E-state index contributed by atoms with van der Waals surface area (Å²) in [5.41, 5.74) is 1.25. The lowest BCUT2D eigenvalue weighted by Gasteiger charge is -2.20. The molecule has 0 fully saturated rings. The summed E-state index contributed by atoms with van der Waals surface area (Å²) in [5, 5.41) is 11.7. The van der Waals surface area contributed by atoms with E-state index in [2.05, 4.69) is 5.32 Å². The molecule has 0 radical (unpaired) electrons. The first-order chi connectivity index (χ1) is 10.2. The lowest BCUT2D eigenvalue weighted by molar-refractivity contribution is -0.144. The van der Waals surface area contributed by atoms with E-state index < -0.39 is 24.0 Å². The first-order valence-electron chi connectivity index (χ1n) is 6.88. The molecule has 0 heterocycles. The van der Waals surface area contributed by atoms with Crippen LogP contribution in [0.4, 0.5) is 0 Å². The SMILES string of the molecule is Cc1ccc(/C=C(\C#N)C(=O)OCC(=O)NC(C)(C)C)cc1. The second-order valence-electron chi connectivity index (χ2n) is 5.95. The average Bonchev–Trinajstić information content (AvgIpc) is 2.42. The predicted molar refractivity (Wildman–Crippen MR) is 83.6 cm³/mol. The summed E-state index contributed by atoms with van der Waals surface area (Å²) in [6.45, 7) is 7.00. The number of benzene rings is 1. The van der Waals surface area contributed by atoms with E-state index in [0.717, 1.165) is 11.1 Å². The molecular weight excluding hydrogens is 280 g/mol. The Labute approximate surface area is 130 Å². The average molecular weight is 300 g/mol. The number of esters is 1. The van der Waals surface area contributed by atoms with Crippen LogP contribution in [0.2, 0.25) is 0 Å². The largest absolute Gasteiger partial charge is 0.451 e. The highest BCUT2D eigenvalue weighted by Crippen LogP contribution is 2.09. The van der Waals surface area contributed by atoms with Crippen molar-refractivity contribution in [2.45, 2.75) is 33.2 Å². The van der Waals surface area contributed by atoms with Crippen molar-refractivity contribution < 1.29 is 14.3 Å². The van der Waals surface area contributed by atoms with Gasteiger partial charge in [-0.25, -0.2) is 4.79 Å². The Balaban J connectivity index is 2.68.